The van der Waals surface area contributed by atoms with Gasteiger partial charge in [-0.25, -0.2) is 0 Å². The molecule has 18 heavy (non-hydrogen) atoms. The van der Waals surface area contributed by atoms with Gasteiger partial charge in [0.1, 0.15) is 5.75 Å². The highest BCUT2D eigenvalue weighted by Gasteiger charge is 2.15. The van der Waals surface area contributed by atoms with Gasteiger partial charge in [0.15, 0.2) is 0 Å². The molecule has 0 amide bonds. The first-order chi connectivity index (χ1) is 8.77. The number of hydrogen-bond donors (Lipinski definition) is 2. The van der Waals surface area contributed by atoms with Crippen LogP contribution in [0.15, 0.2) is 53.9 Å². The number of rotatable bonds is 2. The minimum absolute atomic E-state index is 0.269. The van der Waals surface area contributed by atoms with Crippen LogP contribution >= 0.6 is 11.3 Å². The Balaban J connectivity index is 2.15. The van der Waals surface area contributed by atoms with Crippen LogP contribution in [-0.2, 0) is 0 Å². The van der Waals surface area contributed by atoms with Gasteiger partial charge in [-0.15, -0.1) is 11.3 Å². The van der Waals surface area contributed by atoms with E-state index < -0.39 is 0 Å². The van der Waals surface area contributed by atoms with Gasteiger partial charge in [-0.05, 0) is 16.8 Å². The average molecular weight is 255 g/mol. The van der Waals surface area contributed by atoms with Crippen molar-refractivity contribution in [3.63, 3.8) is 0 Å². The monoisotopic (exact) mass is 255 g/mol. The van der Waals surface area contributed by atoms with Crippen molar-refractivity contribution in [1.82, 2.24) is 0 Å². The molecule has 3 rings (SSSR count). The Bertz CT molecular complexity index is 676. The molecule has 0 bridgehead atoms. The maximum Gasteiger partial charge on any atom is 0.128 e. The first kappa shape index (κ1) is 11.3. The lowest BCUT2D eigenvalue weighted by Crippen LogP contribution is -2.10. The second kappa shape index (κ2) is 4.44. The van der Waals surface area contributed by atoms with Crippen molar-refractivity contribution in [2.45, 2.75) is 6.04 Å². The normalized spacial score (nSPS) is 12.7. The summed E-state index contributed by atoms with van der Waals surface area (Å²) < 4.78 is 0. The smallest absolute Gasteiger partial charge is 0.128 e. The maximum atomic E-state index is 10.3. The number of hydrogen-bond acceptors (Lipinski definition) is 3. The van der Waals surface area contributed by atoms with Crippen molar-refractivity contribution >= 4 is 22.1 Å². The third kappa shape index (κ3) is 1.78. The third-order valence-electron chi connectivity index (χ3n) is 3.12. The molecule has 1 atom stereocenters. The zero-order valence-electron chi connectivity index (χ0n) is 9.71. The lowest BCUT2D eigenvalue weighted by molar-refractivity contribution is 0.472. The van der Waals surface area contributed by atoms with Crippen LogP contribution in [0.5, 0.6) is 5.75 Å². The number of benzene rings is 2. The highest BCUT2D eigenvalue weighted by molar-refractivity contribution is 7.10. The molecule has 3 aromatic rings. The first-order valence-electron chi connectivity index (χ1n) is 5.77. The molecule has 3 N–H and O–H groups in total. The van der Waals surface area contributed by atoms with Crippen molar-refractivity contribution < 1.29 is 5.11 Å². The van der Waals surface area contributed by atoms with Gasteiger partial charge in [-0.3, -0.25) is 0 Å². The Morgan fingerprint density at radius 2 is 1.83 bits per heavy atom. The van der Waals surface area contributed by atoms with Gasteiger partial charge >= 0.3 is 0 Å². The summed E-state index contributed by atoms with van der Waals surface area (Å²) in [7, 11) is 0. The van der Waals surface area contributed by atoms with Crippen LogP contribution < -0.4 is 5.73 Å². The van der Waals surface area contributed by atoms with Gasteiger partial charge in [0.05, 0.1) is 6.04 Å². The molecule has 2 nitrogen and oxygen atoms in total. The number of phenolic OH excluding ortho intramolecular Hbond substituents is 1. The van der Waals surface area contributed by atoms with E-state index in [2.05, 4.69) is 0 Å². The molecule has 0 aliphatic carbocycles. The molecule has 0 aliphatic rings. The molecule has 90 valence electrons. The van der Waals surface area contributed by atoms with Crippen LogP contribution in [0.2, 0.25) is 0 Å². The Morgan fingerprint density at radius 1 is 1.00 bits per heavy atom. The number of nitrogens with two attached hydrogens (primary N) is 1. The highest BCUT2D eigenvalue weighted by Crippen LogP contribution is 2.35. The summed E-state index contributed by atoms with van der Waals surface area (Å²) in [6.07, 6.45) is 0. The van der Waals surface area contributed by atoms with Crippen LogP contribution in [-0.4, -0.2) is 5.11 Å². The van der Waals surface area contributed by atoms with Crippen LogP contribution in [0.1, 0.15) is 16.5 Å². The Hall–Kier alpha value is -1.84. The molecule has 0 spiro atoms. The summed E-state index contributed by atoms with van der Waals surface area (Å²) in [4.78, 5) is 1.06. The SMILES string of the molecule is NC(c1cccs1)c1ccc2ccccc2c1O. The second-order valence-electron chi connectivity index (χ2n) is 4.22. The van der Waals surface area contributed by atoms with Gasteiger partial charge in [-0.1, -0.05) is 42.5 Å². The van der Waals surface area contributed by atoms with E-state index in [9.17, 15) is 5.11 Å². The van der Waals surface area contributed by atoms with E-state index in [-0.39, 0.29) is 11.8 Å². The average Bonchev–Trinajstić information content (AvgIpc) is 2.93. The predicted molar refractivity (Wildman–Crippen MR) is 76.0 cm³/mol. The fourth-order valence-corrected chi connectivity index (χ4v) is 2.89. The van der Waals surface area contributed by atoms with Gasteiger partial charge in [0.2, 0.25) is 0 Å². The molecule has 1 heterocycles. The summed E-state index contributed by atoms with van der Waals surface area (Å²) in [5.74, 6) is 0.286. The van der Waals surface area contributed by atoms with E-state index in [4.69, 9.17) is 5.73 Å². The zero-order chi connectivity index (χ0) is 12.5. The quantitative estimate of drug-likeness (QED) is 0.734. The third-order valence-corrected chi connectivity index (χ3v) is 4.07. The molecule has 2 aromatic carbocycles. The Morgan fingerprint density at radius 3 is 2.61 bits per heavy atom. The zero-order valence-corrected chi connectivity index (χ0v) is 10.5. The van der Waals surface area contributed by atoms with Gasteiger partial charge < -0.3 is 10.8 Å². The van der Waals surface area contributed by atoms with Gasteiger partial charge in [0, 0.05) is 15.8 Å². The predicted octanol–water partition coefficient (Wildman–Crippen LogP) is 3.66. The van der Waals surface area contributed by atoms with Crippen LogP contribution in [0.4, 0.5) is 0 Å². The fourth-order valence-electron chi connectivity index (χ4n) is 2.14. The highest BCUT2D eigenvalue weighted by atomic mass is 32.1. The van der Waals surface area contributed by atoms with Crippen molar-refractivity contribution in [1.29, 1.82) is 0 Å². The summed E-state index contributed by atoms with van der Waals surface area (Å²) in [5, 5.41) is 14.2. The lowest BCUT2D eigenvalue weighted by Gasteiger charge is -2.13. The molecule has 1 aromatic heterocycles. The van der Waals surface area contributed by atoms with E-state index in [1.165, 1.54) is 0 Å². The number of thiophene rings is 1. The number of fused-ring (bicyclic) bond motifs is 1. The molecule has 0 fully saturated rings. The topological polar surface area (TPSA) is 46.2 Å². The summed E-state index contributed by atoms with van der Waals surface area (Å²) in [6.45, 7) is 0. The molecular formula is C15H13NOS. The van der Waals surface area contributed by atoms with Crippen molar-refractivity contribution in [3.8, 4) is 5.75 Å². The van der Waals surface area contributed by atoms with Crippen molar-refractivity contribution in [2.75, 3.05) is 0 Å². The maximum absolute atomic E-state index is 10.3. The van der Waals surface area contributed by atoms with E-state index in [1.807, 2.05) is 53.9 Å². The van der Waals surface area contributed by atoms with Gasteiger partial charge in [0.25, 0.3) is 0 Å². The summed E-state index contributed by atoms with van der Waals surface area (Å²) in [5.41, 5.74) is 6.98. The van der Waals surface area contributed by atoms with Crippen molar-refractivity contribution in [3.05, 3.63) is 64.4 Å². The van der Waals surface area contributed by atoms with Gasteiger partial charge in [-0.2, -0.15) is 0 Å². The summed E-state index contributed by atoms with van der Waals surface area (Å²) in [6, 6.07) is 15.4. The number of aromatic hydroxyl groups is 1. The van der Waals surface area contributed by atoms with Crippen molar-refractivity contribution in [2.24, 2.45) is 5.73 Å². The summed E-state index contributed by atoms with van der Waals surface area (Å²) >= 11 is 1.60. The molecule has 0 aliphatic heterocycles. The van der Waals surface area contributed by atoms with E-state index in [0.29, 0.717) is 0 Å². The molecule has 0 saturated carbocycles. The molecule has 3 heteroatoms. The van der Waals surface area contributed by atoms with Crippen LogP contribution in [0.3, 0.4) is 0 Å². The van der Waals surface area contributed by atoms with Crippen LogP contribution in [0, 0.1) is 0 Å². The van der Waals surface area contributed by atoms with E-state index in [1.54, 1.807) is 11.3 Å². The standard InChI is InChI=1S/C15H13NOS/c16-14(13-6-3-9-18-13)12-8-7-10-4-1-2-5-11(10)15(12)17/h1-9,14,17H,16H2. The largest absolute Gasteiger partial charge is 0.507 e. The first-order valence-corrected chi connectivity index (χ1v) is 6.65. The van der Waals surface area contributed by atoms with E-state index in [0.717, 1.165) is 21.2 Å². The number of phenols is 1. The van der Waals surface area contributed by atoms with E-state index >= 15 is 0 Å². The minimum atomic E-state index is -0.269. The molecule has 1 unspecified atom stereocenters. The van der Waals surface area contributed by atoms with Crippen LogP contribution in [0.25, 0.3) is 10.8 Å². The Labute approximate surface area is 109 Å². The fraction of sp³-hybridized carbons (Fsp3) is 0.0667. The minimum Gasteiger partial charge on any atom is -0.507 e. The Kier molecular flexibility index (Phi) is 2.78. The molecular weight excluding hydrogens is 242 g/mol. The second-order valence-corrected chi connectivity index (χ2v) is 5.20. The molecule has 0 saturated heterocycles. The molecule has 0 radical (unpaired) electrons. The lowest BCUT2D eigenvalue weighted by atomic mass is 10.00.